The maximum absolute atomic E-state index is 12.7. The number of hydrogen-bond donors (Lipinski definition) is 9. The van der Waals surface area contributed by atoms with Crippen molar-refractivity contribution in [3.63, 3.8) is 0 Å². The number of hydrogen-bond acceptors (Lipinski definition) is 21. The van der Waals surface area contributed by atoms with Gasteiger partial charge in [0.05, 0.1) is 50.8 Å². The molecule has 4 fully saturated rings. The van der Waals surface area contributed by atoms with Crippen molar-refractivity contribution in [1.29, 1.82) is 0 Å². The first kappa shape index (κ1) is 59.3. The molecule has 0 bridgehead atoms. The fourth-order valence-electron chi connectivity index (χ4n) is 8.54. The van der Waals surface area contributed by atoms with Crippen molar-refractivity contribution in [2.45, 2.75) is 153 Å². The highest BCUT2D eigenvalue weighted by atomic mass is 16.7. The predicted molar refractivity (Wildman–Crippen MR) is 237 cm³/mol. The molecule has 68 heavy (non-hydrogen) atoms. The molecule has 1 aromatic carbocycles. The molecule has 5 rings (SSSR count). The fraction of sp³-hybridized carbons (Fsp3) is 0.804. The number of benzene rings is 1. The van der Waals surface area contributed by atoms with Crippen LogP contribution in [0.5, 0.6) is 0 Å². The van der Waals surface area contributed by atoms with Crippen LogP contribution in [0.3, 0.4) is 0 Å². The summed E-state index contributed by atoms with van der Waals surface area (Å²) >= 11 is 0. The van der Waals surface area contributed by atoms with Crippen LogP contribution in [0.25, 0.3) is 0 Å². The van der Waals surface area contributed by atoms with Gasteiger partial charge in [-0.05, 0) is 36.8 Å². The van der Waals surface area contributed by atoms with E-state index in [1.165, 1.54) is 28.1 Å². The Morgan fingerprint density at radius 3 is 1.62 bits per heavy atom. The first-order valence-electron chi connectivity index (χ1n) is 23.0. The van der Waals surface area contributed by atoms with Gasteiger partial charge in [0.1, 0.15) is 61.6 Å². The van der Waals surface area contributed by atoms with Gasteiger partial charge >= 0.3 is 11.9 Å². The van der Waals surface area contributed by atoms with E-state index in [4.69, 9.17) is 43.0 Å². The van der Waals surface area contributed by atoms with E-state index in [0.717, 1.165) is 4.90 Å². The average Bonchev–Trinajstić information content (AvgIpc) is 3.34. The number of aliphatic hydroxyl groups excluding tert-OH is 9. The van der Waals surface area contributed by atoms with Crippen LogP contribution >= 0.6 is 0 Å². The van der Waals surface area contributed by atoms with Crippen LogP contribution in [-0.4, -0.2) is 215 Å². The number of aliphatic hydroxyl groups is 9. The Morgan fingerprint density at radius 2 is 1.09 bits per heavy atom. The number of carbonyl (C=O) groups excluding carboxylic acids is 3. The Bertz CT molecular complexity index is 1610. The third kappa shape index (κ3) is 15.2. The molecule has 0 aromatic heterocycles. The lowest BCUT2D eigenvalue weighted by molar-refractivity contribution is -0.311. The Hall–Kier alpha value is -3.01. The number of rotatable bonds is 16. The lowest BCUT2D eigenvalue weighted by atomic mass is 9.79. The molecule has 4 saturated heterocycles. The molecule has 392 valence electrons. The van der Waals surface area contributed by atoms with Crippen molar-refractivity contribution in [3.05, 3.63) is 35.9 Å². The molecule has 20 atom stereocenters. The highest BCUT2D eigenvalue weighted by Crippen LogP contribution is 2.36. The molecule has 0 aliphatic carbocycles. The maximum atomic E-state index is 12.7. The fourth-order valence-corrected chi connectivity index (χ4v) is 8.54. The molecule has 9 N–H and O–H groups in total. The zero-order chi connectivity index (χ0) is 51.0. The molecule has 0 radical (unpaired) electrons. The number of unbranched alkanes of at least 4 members (excludes halogenated alkanes) is 1. The van der Waals surface area contributed by atoms with Gasteiger partial charge < -0.3 is 93.5 Å². The van der Waals surface area contributed by atoms with Gasteiger partial charge in [0.2, 0.25) is 5.91 Å². The summed E-state index contributed by atoms with van der Waals surface area (Å²) in [6, 6.07) is 7.69. The van der Waals surface area contributed by atoms with E-state index in [-0.39, 0.29) is 56.5 Å². The van der Waals surface area contributed by atoms with Gasteiger partial charge in [0.15, 0.2) is 18.9 Å². The predicted octanol–water partition coefficient (Wildman–Crippen LogP) is -1.09. The normalized spacial score (nSPS) is 38.1. The largest absolute Gasteiger partial charge is 0.469 e. The zero-order valence-electron chi connectivity index (χ0n) is 40.5. The summed E-state index contributed by atoms with van der Waals surface area (Å²) < 4.78 is 48.5. The summed E-state index contributed by atoms with van der Waals surface area (Å²) in [5.74, 6) is -1.36. The zero-order valence-corrected chi connectivity index (χ0v) is 40.5. The van der Waals surface area contributed by atoms with Gasteiger partial charge in [-0.25, -0.2) is 4.79 Å². The van der Waals surface area contributed by atoms with E-state index in [1.807, 2.05) is 18.2 Å². The monoisotopic (exact) mass is 979 g/mol. The summed E-state index contributed by atoms with van der Waals surface area (Å²) in [7, 11) is 4.39. The number of ether oxygens (including phenoxy) is 9. The summed E-state index contributed by atoms with van der Waals surface area (Å²) in [5.41, 5.74) is 0.561. The summed E-state index contributed by atoms with van der Waals surface area (Å²) in [6.45, 7) is 9.61. The van der Waals surface area contributed by atoms with Crippen molar-refractivity contribution in [1.82, 2.24) is 4.90 Å². The summed E-state index contributed by atoms with van der Waals surface area (Å²) in [6.07, 6.45) is -13.5. The van der Waals surface area contributed by atoms with Crippen molar-refractivity contribution < 1.29 is 103 Å². The smallest absolute Gasteiger partial charge is 0.338 e. The quantitative estimate of drug-likeness (QED) is 0.0702. The van der Waals surface area contributed by atoms with Crippen LogP contribution in [0.1, 0.15) is 71.2 Å². The SMILES string of the molecule is COC(=O)CCCCOC1OC(CO)C(O)C(O)C1N(C(C)=O)C1OC(CO)C(O)C(O)C1C.COC1OC(CO)C(O)C(O)C1C.COC1OC(COC(=O)c2ccccc2)C(C)C(C)C1C. The third-order valence-electron chi connectivity index (χ3n) is 13.3. The second-order valence-electron chi connectivity index (χ2n) is 17.7. The van der Waals surface area contributed by atoms with Crippen LogP contribution in [0.15, 0.2) is 30.3 Å². The van der Waals surface area contributed by atoms with Gasteiger partial charge in [-0.1, -0.05) is 52.8 Å². The molecule has 0 saturated carbocycles. The molecule has 0 spiro atoms. The molecular formula is C46H77NO21. The lowest BCUT2D eigenvalue weighted by Crippen LogP contribution is -2.70. The molecule has 4 aliphatic rings. The van der Waals surface area contributed by atoms with Gasteiger partial charge in [0.25, 0.3) is 0 Å². The molecular weight excluding hydrogens is 902 g/mol. The minimum absolute atomic E-state index is 0.0621. The van der Waals surface area contributed by atoms with E-state index < -0.39 is 105 Å². The lowest BCUT2D eigenvalue weighted by Gasteiger charge is -2.52. The molecule has 22 nitrogen and oxygen atoms in total. The second kappa shape index (κ2) is 28.7. The first-order valence-corrected chi connectivity index (χ1v) is 23.0. The average molecular weight is 980 g/mol. The van der Waals surface area contributed by atoms with Crippen molar-refractivity contribution in [2.75, 3.05) is 54.4 Å². The van der Waals surface area contributed by atoms with Crippen molar-refractivity contribution in [2.24, 2.45) is 29.6 Å². The summed E-state index contributed by atoms with van der Waals surface area (Å²) in [5, 5.41) is 88.9. The van der Waals surface area contributed by atoms with Crippen LogP contribution in [-0.2, 0) is 52.2 Å². The van der Waals surface area contributed by atoms with Crippen molar-refractivity contribution >= 4 is 17.8 Å². The first-order chi connectivity index (χ1) is 32.2. The van der Waals surface area contributed by atoms with E-state index in [9.17, 15) is 55.2 Å². The minimum atomic E-state index is -1.62. The Morgan fingerprint density at radius 1 is 0.588 bits per heavy atom. The van der Waals surface area contributed by atoms with E-state index in [1.54, 1.807) is 26.2 Å². The highest BCUT2D eigenvalue weighted by molar-refractivity contribution is 5.89. The number of methoxy groups -OCH3 is 3. The molecule has 4 aliphatic heterocycles. The second-order valence-corrected chi connectivity index (χ2v) is 17.7. The molecule has 22 heteroatoms. The summed E-state index contributed by atoms with van der Waals surface area (Å²) in [4.78, 5) is 37.0. The molecule has 4 heterocycles. The van der Waals surface area contributed by atoms with E-state index in [0.29, 0.717) is 36.2 Å². The van der Waals surface area contributed by atoms with Gasteiger partial charge in [0, 0.05) is 51.9 Å². The number of esters is 2. The number of amides is 1. The Labute approximate surface area is 397 Å². The topological polar surface area (TPSA) is 320 Å². The Balaban J connectivity index is 0.000000303. The van der Waals surface area contributed by atoms with Crippen LogP contribution < -0.4 is 0 Å². The Kier molecular flexibility index (Phi) is 25.1. The van der Waals surface area contributed by atoms with Gasteiger partial charge in [-0.2, -0.15) is 0 Å². The maximum Gasteiger partial charge on any atom is 0.338 e. The van der Waals surface area contributed by atoms with Gasteiger partial charge in [-0.3, -0.25) is 9.59 Å². The highest BCUT2D eigenvalue weighted by Gasteiger charge is 2.54. The third-order valence-corrected chi connectivity index (χ3v) is 13.3. The molecule has 1 aromatic rings. The van der Waals surface area contributed by atoms with Crippen LogP contribution in [0.2, 0.25) is 0 Å². The van der Waals surface area contributed by atoms with Crippen molar-refractivity contribution in [3.8, 4) is 0 Å². The van der Waals surface area contributed by atoms with E-state index >= 15 is 0 Å². The number of carbonyl (C=O) groups is 3. The van der Waals surface area contributed by atoms with Crippen LogP contribution in [0.4, 0.5) is 0 Å². The molecule has 20 unspecified atom stereocenters. The van der Waals surface area contributed by atoms with E-state index in [2.05, 4.69) is 25.5 Å². The van der Waals surface area contributed by atoms with Crippen LogP contribution in [0, 0.1) is 29.6 Å². The van der Waals surface area contributed by atoms with Gasteiger partial charge in [-0.15, -0.1) is 0 Å². The number of nitrogens with zero attached hydrogens (tertiary/aromatic N) is 1. The molecule has 1 amide bonds. The minimum Gasteiger partial charge on any atom is -0.469 e. The standard InChI is InChI=1S/C21H37NO12.C17H24O4.C8H16O5/c1-10-16(27)17(28)12(8-23)33-20(10)22(11(2)25)15-19(30)18(29)13(9-24)34-21(15)32-7-5-4-6-14(26)31-3;1-11-12(2)15(21-17(19-4)13(11)3)10-20-16(18)14-8-6-5-7-9-14;1-4-6(10)7(11)5(3-9)13-8(4)12-2/h10,12-13,15-21,23-24,27-30H,4-9H2,1-3H3;5-9,11-13,15,17H,10H2,1-4H3;4-11H,3H2,1-2H3.